The molecule has 19 heavy (non-hydrogen) atoms. The molecule has 1 amide bonds. The van der Waals surface area contributed by atoms with Gasteiger partial charge in [0.05, 0.1) is 19.1 Å². The Bertz CT molecular complexity index is 484. The number of amides is 1. The van der Waals surface area contributed by atoms with E-state index in [2.05, 4.69) is 0 Å². The summed E-state index contributed by atoms with van der Waals surface area (Å²) >= 11 is 0. The van der Waals surface area contributed by atoms with Crippen LogP contribution in [0, 0.1) is 6.92 Å². The topological polar surface area (TPSA) is 66.8 Å². The van der Waals surface area contributed by atoms with E-state index >= 15 is 0 Å². The average Bonchev–Trinajstić information content (AvgIpc) is 2.36. The minimum absolute atomic E-state index is 0.0869. The first-order valence-corrected chi connectivity index (χ1v) is 6.00. The van der Waals surface area contributed by atoms with E-state index in [1.54, 1.807) is 26.1 Å². The number of hydrogen-bond acceptors (Lipinski definition) is 3. The van der Waals surface area contributed by atoms with Crippen molar-refractivity contribution in [2.45, 2.75) is 26.3 Å². The Morgan fingerprint density at radius 1 is 1.42 bits per heavy atom. The minimum atomic E-state index is -0.927. The summed E-state index contributed by atoms with van der Waals surface area (Å²) < 4.78 is 5.17. The lowest BCUT2D eigenvalue weighted by Crippen LogP contribution is -2.36. The predicted octanol–water partition coefficient (Wildman–Crippen LogP) is 1.94. The van der Waals surface area contributed by atoms with Crippen LogP contribution in [0.4, 0.5) is 0 Å². The number of benzene rings is 1. The lowest BCUT2D eigenvalue weighted by molar-refractivity contribution is -0.137. The van der Waals surface area contributed by atoms with E-state index in [0.717, 1.165) is 5.56 Å². The molecule has 0 spiro atoms. The highest BCUT2D eigenvalue weighted by Gasteiger charge is 2.22. The van der Waals surface area contributed by atoms with Crippen LogP contribution in [0.3, 0.4) is 0 Å². The van der Waals surface area contributed by atoms with Gasteiger partial charge in [0.25, 0.3) is 5.91 Å². The quantitative estimate of drug-likeness (QED) is 0.883. The first-order valence-electron chi connectivity index (χ1n) is 6.00. The molecule has 0 aromatic heterocycles. The van der Waals surface area contributed by atoms with E-state index in [0.29, 0.717) is 11.3 Å². The summed E-state index contributed by atoms with van der Waals surface area (Å²) in [6.07, 6.45) is -0.0869. The Balaban J connectivity index is 2.99. The van der Waals surface area contributed by atoms with Crippen LogP contribution in [0.25, 0.3) is 0 Å². The van der Waals surface area contributed by atoms with Crippen LogP contribution >= 0.6 is 0 Å². The number of aryl methyl sites for hydroxylation is 1. The van der Waals surface area contributed by atoms with Crippen molar-refractivity contribution in [3.8, 4) is 5.75 Å². The summed E-state index contributed by atoms with van der Waals surface area (Å²) in [7, 11) is 3.10. The average molecular weight is 265 g/mol. The van der Waals surface area contributed by atoms with Gasteiger partial charge in [-0.05, 0) is 26.0 Å². The van der Waals surface area contributed by atoms with E-state index < -0.39 is 5.97 Å². The number of carboxylic acids is 1. The second kappa shape index (κ2) is 6.22. The minimum Gasteiger partial charge on any atom is -0.496 e. The van der Waals surface area contributed by atoms with E-state index in [1.165, 1.54) is 12.0 Å². The summed E-state index contributed by atoms with van der Waals surface area (Å²) in [5.41, 5.74) is 1.39. The Labute approximate surface area is 112 Å². The molecule has 0 heterocycles. The van der Waals surface area contributed by atoms with Gasteiger partial charge < -0.3 is 14.7 Å². The molecule has 0 fully saturated rings. The number of ether oxygens (including phenoxy) is 1. The third-order valence-electron chi connectivity index (χ3n) is 3.04. The highest BCUT2D eigenvalue weighted by atomic mass is 16.5. The molecule has 1 aromatic carbocycles. The zero-order valence-electron chi connectivity index (χ0n) is 11.6. The Kier molecular flexibility index (Phi) is 4.92. The van der Waals surface area contributed by atoms with Gasteiger partial charge in [-0.15, -0.1) is 0 Å². The first kappa shape index (κ1) is 15.0. The van der Waals surface area contributed by atoms with Crippen molar-refractivity contribution in [3.05, 3.63) is 29.3 Å². The molecular weight excluding hydrogens is 246 g/mol. The monoisotopic (exact) mass is 265 g/mol. The lowest BCUT2D eigenvalue weighted by Gasteiger charge is -2.24. The van der Waals surface area contributed by atoms with Crippen molar-refractivity contribution >= 4 is 11.9 Å². The van der Waals surface area contributed by atoms with Crippen molar-refractivity contribution in [1.82, 2.24) is 4.90 Å². The van der Waals surface area contributed by atoms with Crippen molar-refractivity contribution in [1.29, 1.82) is 0 Å². The molecule has 0 radical (unpaired) electrons. The van der Waals surface area contributed by atoms with Gasteiger partial charge in [-0.2, -0.15) is 0 Å². The summed E-state index contributed by atoms with van der Waals surface area (Å²) in [6.45, 7) is 3.59. The number of carbonyl (C=O) groups is 2. The maximum absolute atomic E-state index is 12.4. The van der Waals surface area contributed by atoms with Crippen molar-refractivity contribution in [2.75, 3.05) is 14.2 Å². The number of methoxy groups -OCH3 is 1. The van der Waals surface area contributed by atoms with E-state index in [1.807, 2.05) is 13.0 Å². The molecule has 1 unspecified atom stereocenters. The number of nitrogens with zero attached hydrogens (tertiary/aromatic N) is 1. The van der Waals surface area contributed by atoms with Crippen LogP contribution in [0.2, 0.25) is 0 Å². The molecule has 1 aromatic rings. The predicted molar refractivity (Wildman–Crippen MR) is 71.5 cm³/mol. The Morgan fingerprint density at radius 2 is 2.05 bits per heavy atom. The van der Waals surface area contributed by atoms with Gasteiger partial charge in [-0.3, -0.25) is 9.59 Å². The molecule has 5 nitrogen and oxygen atoms in total. The van der Waals surface area contributed by atoms with Crippen LogP contribution < -0.4 is 4.74 Å². The van der Waals surface area contributed by atoms with Crippen molar-refractivity contribution < 1.29 is 19.4 Å². The summed E-state index contributed by atoms with van der Waals surface area (Å²) in [5.74, 6) is -0.678. The standard InChI is InChI=1S/C14H19NO4/c1-9-5-6-12(19-4)11(7-9)14(18)15(3)10(2)8-13(16)17/h5-7,10H,8H2,1-4H3,(H,16,17). The highest BCUT2D eigenvalue weighted by molar-refractivity contribution is 5.97. The van der Waals surface area contributed by atoms with Gasteiger partial charge in [0, 0.05) is 13.1 Å². The van der Waals surface area contributed by atoms with Crippen LogP contribution in [-0.4, -0.2) is 42.1 Å². The zero-order chi connectivity index (χ0) is 14.6. The summed E-state index contributed by atoms with van der Waals surface area (Å²) in [5, 5.41) is 8.77. The number of carbonyl (C=O) groups excluding carboxylic acids is 1. The zero-order valence-corrected chi connectivity index (χ0v) is 11.6. The molecule has 0 bridgehead atoms. The largest absolute Gasteiger partial charge is 0.496 e. The van der Waals surface area contributed by atoms with Crippen LogP contribution in [0.1, 0.15) is 29.3 Å². The van der Waals surface area contributed by atoms with E-state index in [9.17, 15) is 9.59 Å². The molecule has 0 aliphatic carbocycles. The maximum atomic E-state index is 12.4. The molecule has 1 rings (SSSR count). The smallest absolute Gasteiger partial charge is 0.305 e. The molecular formula is C14H19NO4. The third kappa shape index (κ3) is 3.71. The van der Waals surface area contributed by atoms with Gasteiger partial charge in [0.1, 0.15) is 5.75 Å². The molecule has 0 aliphatic rings. The van der Waals surface area contributed by atoms with Crippen LogP contribution in [0.15, 0.2) is 18.2 Å². The second-order valence-electron chi connectivity index (χ2n) is 4.57. The normalized spacial score (nSPS) is 11.8. The molecule has 5 heteroatoms. The fourth-order valence-electron chi connectivity index (χ4n) is 1.77. The van der Waals surface area contributed by atoms with Gasteiger partial charge >= 0.3 is 5.97 Å². The molecule has 1 atom stereocenters. The van der Waals surface area contributed by atoms with E-state index in [-0.39, 0.29) is 18.4 Å². The highest BCUT2D eigenvalue weighted by Crippen LogP contribution is 2.22. The number of carboxylic acid groups (broad SMARTS) is 1. The fourth-order valence-corrected chi connectivity index (χ4v) is 1.77. The van der Waals surface area contributed by atoms with E-state index in [4.69, 9.17) is 9.84 Å². The van der Waals surface area contributed by atoms with Gasteiger partial charge in [-0.1, -0.05) is 11.6 Å². The third-order valence-corrected chi connectivity index (χ3v) is 3.04. The molecule has 0 saturated heterocycles. The lowest BCUT2D eigenvalue weighted by atomic mass is 10.1. The van der Waals surface area contributed by atoms with Gasteiger partial charge in [0.2, 0.25) is 0 Å². The maximum Gasteiger partial charge on any atom is 0.305 e. The fraction of sp³-hybridized carbons (Fsp3) is 0.429. The number of hydrogen-bond donors (Lipinski definition) is 1. The van der Waals surface area contributed by atoms with Crippen molar-refractivity contribution in [2.24, 2.45) is 0 Å². The number of aliphatic carboxylic acids is 1. The summed E-state index contributed by atoms with van der Waals surface area (Å²) in [4.78, 5) is 24.5. The molecule has 0 aliphatic heterocycles. The van der Waals surface area contributed by atoms with Gasteiger partial charge in [0.15, 0.2) is 0 Å². The Morgan fingerprint density at radius 3 is 2.58 bits per heavy atom. The number of rotatable bonds is 5. The summed E-state index contributed by atoms with van der Waals surface area (Å²) in [6, 6.07) is 4.95. The van der Waals surface area contributed by atoms with Crippen molar-refractivity contribution in [3.63, 3.8) is 0 Å². The Hall–Kier alpha value is -2.04. The van der Waals surface area contributed by atoms with Crippen LogP contribution in [0.5, 0.6) is 5.75 Å². The van der Waals surface area contributed by atoms with Gasteiger partial charge in [-0.25, -0.2) is 0 Å². The SMILES string of the molecule is COc1ccc(C)cc1C(=O)N(C)C(C)CC(=O)O. The second-order valence-corrected chi connectivity index (χ2v) is 4.57. The first-order chi connectivity index (χ1) is 8.86. The molecule has 0 saturated carbocycles. The molecule has 104 valence electrons. The molecule has 1 N–H and O–H groups in total. The van der Waals surface area contributed by atoms with Crippen LogP contribution in [-0.2, 0) is 4.79 Å².